The standard InChI is InChI=1S/C16H30N2O2/c1-12(16(5)8-9-16)17-11-13-7-6-10-18(13)14(19)20-15(2,3)4/h12-13,17H,6-11H2,1-5H3. The number of nitrogens with one attached hydrogen (secondary N) is 1. The second-order valence-electron chi connectivity index (χ2n) is 7.75. The minimum absolute atomic E-state index is 0.160. The molecule has 116 valence electrons. The highest BCUT2D eigenvalue weighted by Gasteiger charge is 2.42. The zero-order valence-corrected chi connectivity index (χ0v) is 13.7. The van der Waals surface area contributed by atoms with Gasteiger partial charge < -0.3 is 15.0 Å². The van der Waals surface area contributed by atoms with Crippen LogP contribution >= 0.6 is 0 Å². The van der Waals surface area contributed by atoms with E-state index in [1.165, 1.54) is 12.8 Å². The van der Waals surface area contributed by atoms with Crippen LogP contribution in [0.4, 0.5) is 4.79 Å². The molecule has 0 radical (unpaired) electrons. The molecule has 1 saturated heterocycles. The van der Waals surface area contributed by atoms with E-state index in [0.29, 0.717) is 11.5 Å². The van der Waals surface area contributed by atoms with Crippen LogP contribution in [-0.4, -0.2) is 41.8 Å². The van der Waals surface area contributed by atoms with Gasteiger partial charge in [-0.1, -0.05) is 6.92 Å². The number of carbonyl (C=O) groups excluding carboxylic acids is 1. The van der Waals surface area contributed by atoms with Crippen molar-refractivity contribution in [1.82, 2.24) is 10.2 Å². The van der Waals surface area contributed by atoms with Crippen LogP contribution in [0, 0.1) is 5.41 Å². The lowest BCUT2D eigenvalue weighted by atomic mass is 10.0. The molecule has 0 aromatic carbocycles. The van der Waals surface area contributed by atoms with Crippen LogP contribution in [0.1, 0.15) is 60.3 Å². The molecular weight excluding hydrogens is 252 g/mol. The number of likely N-dealkylation sites (tertiary alicyclic amines) is 1. The Bertz CT molecular complexity index is 358. The van der Waals surface area contributed by atoms with Crippen molar-refractivity contribution in [2.24, 2.45) is 5.41 Å². The van der Waals surface area contributed by atoms with Gasteiger partial charge in [0.25, 0.3) is 0 Å². The van der Waals surface area contributed by atoms with Crippen molar-refractivity contribution in [3.8, 4) is 0 Å². The number of amides is 1. The predicted octanol–water partition coefficient (Wildman–Crippen LogP) is 3.16. The number of rotatable bonds is 4. The molecular formula is C16H30N2O2. The van der Waals surface area contributed by atoms with E-state index in [2.05, 4.69) is 19.2 Å². The van der Waals surface area contributed by atoms with Gasteiger partial charge in [-0.05, 0) is 58.8 Å². The average molecular weight is 282 g/mol. The first-order valence-corrected chi connectivity index (χ1v) is 7.94. The van der Waals surface area contributed by atoms with Gasteiger partial charge in [-0.15, -0.1) is 0 Å². The predicted molar refractivity (Wildman–Crippen MR) is 80.8 cm³/mol. The lowest BCUT2D eigenvalue weighted by molar-refractivity contribution is 0.0223. The molecule has 0 spiro atoms. The van der Waals surface area contributed by atoms with Gasteiger partial charge in [0.1, 0.15) is 5.60 Å². The van der Waals surface area contributed by atoms with Crippen LogP contribution in [0.5, 0.6) is 0 Å². The van der Waals surface area contributed by atoms with E-state index in [-0.39, 0.29) is 12.1 Å². The normalized spacial score (nSPS) is 26.4. The Morgan fingerprint density at radius 2 is 2.10 bits per heavy atom. The molecule has 2 unspecified atom stereocenters. The molecule has 1 heterocycles. The summed E-state index contributed by atoms with van der Waals surface area (Å²) in [6, 6.07) is 0.818. The fraction of sp³-hybridized carbons (Fsp3) is 0.938. The smallest absolute Gasteiger partial charge is 0.410 e. The van der Waals surface area contributed by atoms with E-state index in [1.807, 2.05) is 25.7 Å². The Morgan fingerprint density at radius 3 is 2.65 bits per heavy atom. The molecule has 1 aliphatic carbocycles. The summed E-state index contributed by atoms with van der Waals surface area (Å²) in [4.78, 5) is 14.1. The molecule has 1 saturated carbocycles. The first-order valence-electron chi connectivity index (χ1n) is 7.94. The summed E-state index contributed by atoms with van der Waals surface area (Å²) in [6.07, 6.45) is 4.64. The number of carbonyl (C=O) groups is 1. The maximum atomic E-state index is 12.2. The molecule has 4 nitrogen and oxygen atoms in total. The Labute approximate surface area is 123 Å². The van der Waals surface area contributed by atoms with Crippen LogP contribution in [0.25, 0.3) is 0 Å². The Balaban J connectivity index is 1.82. The highest BCUT2D eigenvalue weighted by Crippen LogP contribution is 2.47. The largest absolute Gasteiger partial charge is 0.444 e. The summed E-state index contributed by atoms with van der Waals surface area (Å²) < 4.78 is 5.50. The quantitative estimate of drug-likeness (QED) is 0.861. The van der Waals surface area contributed by atoms with Crippen LogP contribution < -0.4 is 5.32 Å². The van der Waals surface area contributed by atoms with Crippen molar-refractivity contribution in [2.45, 2.75) is 78.0 Å². The maximum absolute atomic E-state index is 12.2. The molecule has 4 heteroatoms. The van der Waals surface area contributed by atoms with Crippen molar-refractivity contribution in [3.05, 3.63) is 0 Å². The van der Waals surface area contributed by atoms with Gasteiger partial charge in [0.05, 0.1) is 0 Å². The first-order chi connectivity index (χ1) is 9.21. The van der Waals surface area contributed by atoms with Gasteiger partial charge >= 0.3 is 6.09 Å². The van der Waals surface area contributed by atoms with Gasteiger partial charge in [0.15, 0.2) is 0 Å². The highest BCUT2D eigenvalue weighted by molar-refractivity contribution is 5.69. The number of ether oxygens (including phenoxy) is 1. The highest BCUT2D eigenvalue weighted by atomic mass is 16.6. The average Bonchev–Trinajstić information content (AvgIpc) is 2.91. The Morgan fingerprint density at radius 1 is 1.45 bits per heavy atom. The lowest BCUT2D eigenvalue weighted by Gasteiger charge is -2.30. The molecule has 1 N–H and O–H groups in total. The molecule has 2 atom stereocenters. The third-order valence-corrected chi connectivity index (χ3v) is 4.75. The van der Waals surface area contributed by atoms with E-state index in [0.717, 1.165) is 25.9 Å². The first kappa shape index (κ1) is 15.6. The van der Waals surface area contributed by atoms with E-state index in [9.17, 15) is 4.79 Å². The molecule has 20 heavy (non-hydrogen) atoms. The maximum Gasteiger partial charge on any atom is 0.410 e. The summed E-state index contributed by atoms with van der Waals surface area (Å²) in [5, 5.41) is 3.63. The summed E-state index contributed by atoms with van der Waals surface area (Å²) in [5.74, 6) is 0. The molecule has 2 fully saturated rings. The molecule has 0 aromatic rings. The van der Waals surface area contributed by atoms with Crippen LogP contribution in [-0.2, 0) is 4.74 Å². The SMILES string of the molecule is CC(NCC1CCCN1C(=O)OC(C)(C)C)C1(C)CC1. The van der Waals surface area contributed by atoms with Crippen LogP contribution in [0.15, 0.2) is 0 Å². The lowest BCUT2D eigenvalue weighted by Crippen LogP contribution is -2.46. The summed E-state index contributed by atoms with van der Waals surface area (Å²) in [5.41, 5.74) is 0.0712. The second-order valence-corrected chi connectivity index (χ2v) is 7.75. The second kappa shape index (κ2) is 5.55. The van der Waals surface area contributed by atoms with Gasteiger partial charge in [0, 0.05) is 25.2 Å². The molecule has 1 amide bonds. The Hall–Kier alpha value is -0.770. The topological polar surface area (TPSA) is 41.6 Å². The Kier molecular flexibility index (Phi) is 4.33. The fourth-order valence-electron chi connectivity index (χ4n) is 2.80. The summed E-state index contributed by atoms with van der Waals surface area (Å²) >= 11 is 0. The van der Waals surface area contributed by atoms with Crippen molar-refractivity contribution in [2.75, 3.05) is 13.1 Å². The minimum Gasteiger partial charge on any atom is -0.444 e. The third kappa shape index (κ3) is 3.87. The van der Waals surface area contributed by atoms with E-state index in [4.69, 9.17) is 4.74 Å². The molecule has 0 bridgehead atoms. The van der Waals surface area contributed by atoms with Gasteiger partial charge in [-0.3, -0.25) is 0 Å². The third-order valence-electron chi connectivity index (χ3n) is 4.75. The van der Waals surface area contributed by atoms with Crippen molar-refractivity contribution >= 4 is 6.09 Å². The molecule has 0 aromatic heterocycles. The van der Waals surface area contributed by atoms with Gasteiger partial charge in [0.2, 0.25) is 0 Å². The molecule has 1 aliphatic heterocycles. The molecule has 2 aliphatic rings. The number of hydrogen-bond acceptors (Lipinski definition) is 3. The zero-order valence-electron chi connectivity index (χ0n) is 13.7. The van der Waals surface area contributed by atoms with E-state index < -0.39 is 5.60 Å². The van der Waals surface area contributed by atoms with E-state index in [1.54, 1.807) is 0 Å². The van der Waals surface area contributed by atoms with Crippen LogP contribution in [0.3, 0.4) is 0 Å². The monoisotopic (exact) mass is 282 g/mol. The van der Waals surface area contributed by atoms with Crippen molar-refractivity contribution in [3.63, 3.8) is 0 Å². The van der Waals surface area contributed by atoms with Gasteiger partial charge in [-0.2, -0.15) is 0 Å². The number of nitrogens with zero attached hydrogens (tertiary/aromatic N) is 1. The zero-order chi connectivity index (χ0) is 15.0. The van der Waals surface area contributed by atoms with Gasteiger partial charge in [-0.25, -0.2) is 4.79 Å². The van der Waals surface area contributed by atoms with Crippen molar-refractivity contribution < 1.29 is 9.53 Å². The minimum atomic E-state index is -0.410. The number of hydrogen-bond donors (Lipinski definition) is 1. The summed E-state index contributed by atoms with van der Waals surface area (Å²) in [7, 11) is 0. The van der Waals surface area contributed by atoms with Crippen LogP contribution in [0.2, 0.25) is 0 Å². The van der Waals surface area contributed by atoms with Crippen molar-refractivity contribution in [1.29, 1.82) is 0 Å². The summed E-state index contributed by atoms with van der Waals surface area (Å²) in [6.45, 7) is 12.1. The fourth-order valence-corrected chi connectivity index (χ4v) is 2.80. The molecule has 2 rings (SSSR count). The van der Waals surface area contributed by atoms with E-state index >= 15 is 0 Å².